The Morgan fingerprint density at radius 1 is 1.44 bits per heavy atom. The van der Waals surface area contributed by atoms with Crippen LogP contribution in [0.3, 0.4) is 0 Å². The molecule has 1 aliphatic rings. The molecule has 0 aliphatic heterocycles. The first-order valence-electron chi connectivity index (χ1n) is 6.02. The van der Waals surface area contributed by atoms with E-state index >= 15 is 0 Å². The van der Waals surface area contributed by atoms with Crippen molar-refractivity contribution in [1.29, 1.82) is 0 Å². The average molecular weight is 221 g/mol. The lowest BCUT2D eigenvalue weighted by Gasteiger charge is -2.28. The topological polar surface area (TPSA) is 61.0 Å². The van der Waals surface area contributed by atoms with Gasteiger partial charge >= 0.3 is 0 Å². The maximum absolute atomic E-state index is 5.81. The van der Waals surface area contributed by atoms with Crippen LogP contribution in [0.1, 0.15) is 39.0 Å². The Labute approximate surface area is 96.2 Å². The minimum atomic E-state index is 0.287. The molecule has 2 unspecified atom stereocenters. The van der Waals surface area contributed by atoms with E-state index in [1.165, 1.54) is 25.5 Å². The van der Waals surface area contributed by atoms with E-state index in [9.17, 15) is 0 Å². The van der Waals surface area contributed by atoms with Crippen molar-refractivity contribution in [3.8, 4) is 5.88 Å². The third kappa shape index (κ3) is 2.84. The standard InChI is InChI=1S/C12H19N3O/c1-2-9-4-3-5-10(6-9)16-12-8-14-7-11(13)15-12/h7-10H,2-6H2,1H3,(H2,13,15). The summed E-state index contributed by atoms with van der Waals surface area (Å²) in [5.74, 6) is 1.77. The van der Waals surface area contributed by atoms with E-state index in [2.05, 4.69) is 16.9 Å². The first kappa shape index (κ1) is 11.2. The van der Waals surface area contributed by atoms with Crippen LogP contribution in [0.25, 0.3) is 0 Å². The van der Waals surface area contributed by atoms with Gasteiger partial charge in [-0.25, -0.2) is 0 Å². The summed E-state index contributed by atoms with van der Waals surface area (Å²) in [5, 5.41) is 0. The molecule has 16 heavy (non-hydrogen) atoms. The zero-order valence-corrected chi connectivity index (χ0v) is 9.72. The molecule has 0 amide bonds. The van der Waals surface area contributed by atoms with Crippen molar-refractivity contribution in [3.05, 3.63) is 12.4 Å². The largest absolute Gasteiger partial charge is 0.473 e. The molecule has 1 heterocycles. The predicted octanol–water partition coefficient (Wildman–Crippen LogP) is 2.41. The lowest BCUT2D eigenvalue weighted by molar-refractivity contribution is 0.117. The maximum Gasteiger partial charge on any atom is 0.234 e. The van der Waals surface area contributed by atoms with E-state index in [0.717, 1.165) is 18.8 Å². The van der Waals surface area contributed by atoms with Crippen molar-refractivity contribution >= 4 is 5.82 Å². The van der Waals surface area contributed by atoms with Crippen LogP contribution in [-0.2, 0) is 0 Å². The number of ether oxygens (including phenoxy) is 1. The lowest BCUT2D eigenvalue weighted by atomic mass is 9.85. The van der Waals surface area contributed by atoms with Gasteiger partial charge in [-0.3, -0.25) is 4.98 Å². The highest BCUT2D eigenvalue weighted by molar-refractivity contribution is 5.26. The summed E-state index contributed by atoms with van der Waals surface area (Å²) in [6.45, 7) is 2.24. The second-order valence-corrected chi connectivity index (χ2v) is 4.46. The molecule has 88 valence electrons. The highest BCUT2D eigenvalue weighted by Crippen LogP contribution is 2.28. The van der Waals surface area contributed by atoms with Gasteiger partial charge in [-0.15, -0.1) is 0 Å². The van der Waals surface area contributed by atoms with Gasteiger partial charge in [-0.2, -0.15) is 4.98 Å². The Hall–Kier alpha value is -1.32. The Morgan fingerprint density at radius 3 is 3.06 bits per heavy atom. The smallest absolute Gasteiger partial charge is 0.234 e. The van der Waals surface area contributed by atoms with Crippen LogP contribution in [0.4, 0.5) is 5.82 Å². The second-order valence-electron chi connectivity index (χ2n) is 4.46. The fourth-order valence-corrected chi connectivity index (χ4v) is 2.31. The molecule has 4 nitrogen and oxygen atoms in total. The van der Waals surface area contributed by atoms with Crippen molar-refractivity contribution in [2.45, 2.75) is 45.1 Å². The van der Waals surface area contributed by atoms with E-state index in [1.807, 2.05) is 0 Å². The number of nitrogen functional groups attached to an aromatic ring is 1. The number of rotatable bonds is 3. The SMILES string of the molecule is CCC1CCCC(Oc2cncc(N)n2)C1. The minimum Gasteiger partial charge on any atom is -0.473 e. The second kappa shape index (κ2) is 5.14. The Morgan fingerprint density at radius 2 is 2.31 bits per heavy atom. The lowest BCUT2D eigenvalue weighted by Crippen LogP contribution is -2.25. The molecule has 0 bridgehead atoms. The summed E-state index contributed by atoms with van der Waals surface area (Å²) >= 11 is 0. The highest BCUT2D eigenvalue weighted by atomic mass is 16.5. The van der Waals surface area contributed by atoms with Crippen molar-refractivity contribution in [2.24, 2.45) is 5.92 Å². The third-order valence-corrected chi connectivity index (χ3v) is 3.23. The first-order valence-corrected chi connectivity index (χ1v) is 6.02. The van der Waals surface area contributed by atoms with Gasteiger partial charge in [-0.05, 0) is 25.2 Å². The van der Waals surface area contributed by atoms with E-state index in [1.54, 1.807) is 6.20 Å². The highest BCUT2D eigenvalue weighted by Gasteiger charge is 2.22. The Kier molecular flexibility index (Phi) is 3.59. The predicted molar refractivity (Wildman–Crippen MR) is 63.1 cm³/mol. The van der Waals surface area contributed by atoms with Gasteiger partial charge in [0.25, 0.3) is 0 Å². The number of anilines is 1. The minimum absolute atomic E-state index is 0.287. The molecule has 2 rings (SSSR count). The van der Waals surface area contributed by atoms with Crippen LogP contribution in [0.5, 0.6) is 5.88 Å². The summed E-state index contributed by atoms with van der Waals surface area (Å²) in [5.41, 5.74) is 5.56. The zero-order chi connectivity index (χ0) is 11.4. The molecule has 2 atom stereocenters. The van der Waals surface area contributed by atoms with Crippen molar-refractivity contribution in [3.63, 3.8) is 0 Å². The van der Waals surface area contributed by atoms with Crippen molar-refractivity contribution < 1.29 is 4.74 Å². The third-order valence-electron chi connectivity index (χ3n) is 3.23. The van der Waals surface area contributed by atoms with Crippen molar-refractivity contribution in [1.82, 2.24) is 9.97 Å². The molecule has 1 fully saturated rings. The number of hydrogen-bond acceptors (Lipinski definition) is 4. The molecule has 2 N–H and O–H groups in total. The molecule has 0 spiro atoms. The fraction of sp³-hybridized carbons (Fsp3) is 0.667. The molecular formula is C12H19N3O. The van der Waals surface area contributed by atoms with E-state index in [0.29, 0.717) is 11.7 Å². The number of hydrogen-bond donors (Lipinski definition) is 1. The molecule has 0 saturated heterocycles. The van der Waals surface area contributed by atoms with Crippen LogP contribution in [0.2, 0.25) is 0 Å². The number of nitrogens with two attached hydrogens (primary N) is 1. The Bertz CT molecular complexity index is 343. The fourth-order valence-electron chi connectivity index (χ4n) is 2.31. The molecule has 1 aliphatic carbocycles. The van der Waals surface area contributed by atoms with Crippen LogP contribution >= 0.6 is 0 Å². The first-order chi connectivity index (χ1) is 7.78. The summed E-state index contributed by atoms with van der Waals surface area (Å²) < 4.78 is 5.81. The number of aromatic nitrogens is 2. The maximum atomic E-state index is 5.81. The van der Waals surface area contributed by atoms with Gasteiger partial charge in [0.2, 0.25) is 5.88 Å². The Balaban J connectivity index is 1.94. The van der Waals surface area contributed by atoms with E-state index in [-0.39, 0.29) is 6.10 Å². The van der Waals surface area contributed by atoms with Crippen molar-refractivity contribution in [2.75, 3.05) is 5.73 Å². The quantitative estimate of drug-likeness (QED) is 0.851. The average Bonchev–Trinajstić information content (AvgIpc) is 2.29. The summed E-state index contributed by atoms with van der Waals surface area (Å²) in [6, 6.07) is 0. The molecular weight excluding hydrogens is 202 g/mol. The summed E-state index contributed by atoms with van der Waals surface area (Å²) in [6.07, 6.45) is 9.52. The number of nitrogens with zero attached hydrogens (tertiary/aromatic N) is 2. The molecule has 4 heteroatoms. The molecule has 0 radical (unpaired) electrons. The normalized spacial score (nSPS) is 25.3. The van der Waals surface area contributed by atoms with Gasteiger partial charge in [0, 0.05) is 0 Å². The van der Waals surface area contributed by atoms with Gasteiger partial charge < -0.3 is 10.5 Å². The zero-order valence-electron chi connectivity index (χ0n) is 9.72. The molecule has 1 aromatic rings. The summed E-state index contributed by atoms with van der Waals surface area (Å²) in [7, 11) is 0. The molecule has 1 aromatic heterocycles. The van der Waals surface area contributed by atoms with Crippen LogP contribution in [-0.4, -0.2) is 16.1 Å². The van der Waals surface area contributed by atoms with Crippen LogP contribution in [0, 0.1) is 5.92 Å². The van der Waals surface area contributed by atoms with Gasteiger partial charge in [-0.1, -0.05) is 19.8 Å². The molecule has 0 aromatic carbocycles. The van der Waals surface area contributed by atoms with E-state index in [4.69, 9.17) is 10.5 Å². The molecule has 1 saturated carbocycles. The van der Waals surface area contributed by atoms with Crippen LogP contribution in [0.15, 0.2) is 12.4 Å². The van der Waals surface area contributed by atoms with Gasteiger partial charge in [0.05, 0.1) is 12.4 Å². The summed E-state index contributed by atoms with van der Waals surface area (Å²) in [4.78, 5) is 8.09. The monoisotopic (exact) mass is 221 g/mol. The van der Waals surface area contributed by atoms with E-state index < -0.39 is 0 Å². The van der Waals surface area contributed by atoms with Crippen LogP contribution < -0.4 is 10.5 Å². The van der Waals surface area contributed by atoms with Gasteiger partial charge in [0.1, 0.15) is 11.9 Å². The van der Waals surface area contributed by atoms with Gasteiger partial charge in [0.15, 0.2) is 0 Å².